The van der Waals surface area contributed by atoms with E-state index in [0.29, 0.717) is 25.2 Å². The van der Waals surface area contributed by atoms with Crippen molar-refractivity contribution < 1.29 is 8.96 Å². The number of benzene rings is 1. The molecule has 110 valence electrons. The lowest BCUT2D eigenvalue weighted by molar-refractivity contribution is 0.343. The third-order valence-electron chi connectivity index (χ3n) is 3.61. The molecule has 0 aromatic heterocycles. The van der Waals surface area contributed by atoms with Gasteiger partial charge in [-0.2, -0.15) is 5.26 Å². The Morgan fingerprint density at radius 3 is 2.05 bits per heavy atom. The van der Waals surface area contributed by atoms with Gasteiger partial charge in [-0.05, 0) is 12.8 Å². The summed E-state index contributed by atoms with van der Waals surface area (Å²) < 4.78 is 28.5. The molecule has 0 saturated heterocycles. The molecule has 1 rings (SSSR count). The minimum absolute atomic E-state index is 0.234. The Balaban J connectivity index is 3.20. The second kappa shape index (κ2) is 7.60. The summed E-state index contributed by atoms with van der Waals surface area (Å²) in [5.74, 6) is 0. The third kappa shape index (κ3) is 3.49. The molecule has 0 saturated carbocycles. The van der Waals surface area contributed by atoms with E-state index >= 15 is 4.39 Å². The van der Waals surface area contributed by atoms with Gasteiger partial charge < -0.3 is 4.57 Å². The van der Waals surface area contributed by atoms with Gasteiger partial charge in [-0.1, -0.05) is 57.0 Å². The van der Waals surface area contributed by atoms with Gasteiger partial charge in [0.15, 0.2) is 0 Å². The van der Waals surface area contributed by atoms with Crippen molar-refractivity contribution in [2.24, 2.45) is 0 Å². The van der Waals surface area contributed by atoms with Gasteiger partial charge in [0.2, 0.25) is 0 Å². The van der Waals surface area contributed by atoms with Gasteiger partial charge in [-0.25, -0.2) is 4.39 Å². The maximum atomic E-state index is 15.3. The molecular weight excluding hydrogens is 272 g/mol. The van der Waals surface area contributed by atoms with Crippen molar-refractivity contribution in [2.75, 3.05) is 12.3 Å². The zero-order valence-electron chi connectivity index (χ0n) is 12.3. The summed E-state index contributed by atoms with van der Waals surface area (Å²) in [7, 11) is -3.22. The summed E-state index contributed by atoms with van der Waals surface area (Å²) in [6, 6.07) is 9.99. The zero-order chi connectivity index (χ0) is 15.1. The van der Waals surface area contributed by atoms with Gasteiger partial charge in [-0.15, -0.1) is 0 Å². The number of rotatable bonds is 8. The van der Waals surface area contributed by atoms with Crippen LogP contribution in [0.4, 0.5) is 4.39 Å². The van der Waals surface area contributed by atoms with Crippen LogP contribution in [0.2, 0.25) is 0 Å². The Morgan fingerprint density at radius 2 is 1.65 bits per heavy atom. The van der Waals surface area contributed by atoms with Crippen LogP contribution in [0.1, 0.15) is 45.1 Å². The van der Waals surface area contributed by atoms with Crippen molar-refractivity contribution in [1.82, 2.24) is 0 Å². The van der Waals surface area contributed by atoms with E-state index in [1.807, 2.05) is 13.8 Å². The standard InChI is InChI=1S/C16H23FNOP/c1-3-5-12-20(19,13-6-4-2)16(17,14-18)15-10-8-7-9-11-15/h7-11H,3-6,12-13H2,1-2H3. The van der Waals surface area contributed by atoms with Gasteiger partial charge in [-0.3, -0.25) is 0 Å². The summed E-state index contributed by atoms with van der Waals surface area (Å²) in [5, 5.41) is 7.03. The van der Waals surface area contributed by atoms with E-state index in [-0.39, 0.29) is 5.56 Å². The van der Waals surface area contributed by atoms with Crippen molar-refractivity contribution >= 4 is 7.14 Å². The molecule has 0 aliphatic rings. The topological polar surface area (TPSA) is 40.9 Å². The first kappa shape index (κ1) is 16.9. The number of halogens is 1. The Hall–Kier alpha value is -1.13. The third-order valence-corrected chi connectivity index (χ3v) is 7.17. The van der Waals surface area contributed by atoms with E-state index in [0.717, 1.165) is 12.8 Å². The smallest absolute Gasteiger partial charge is 0.272 e. The van der Waals surface area contributed by atoms with E-state index in [9.17, 15) is 9.83 Å². The quantitative estimate of drug-likeness (QED) is 0.611. The molecule has 0 aliphatic carbocycles. The van der Waals surface area contributed by atoms with Crippen molar-refractivity contribution in [1.29, 1.82) is 5.26 Å². The Bertz CT molecular complexity index is 485. The van der Waals surface area contributed by atoms with Crippen LogP contribution in [-0.4, -0.2) is 12.3 Å². The molecule has 1 aromatic carbocycles. The number of hydrogen-bond acceptors (Lipinski definition) is 2. The summed E-state index contributed by atoms with van der Waals surface area (Å²) >= 11 is 0. The van der Waals surface area contributed by atoms with Crippen LogP contribution in [0.3, 0.4) is 0 Å². The molecule has 0 N–H and O–H groups in total. The van der Waals surface area contributed by atoms with Crippen molar-refractivity contribution in [3.63, 3.8) is 0 Å². The van der Waals surface area contributed by atoms with E-state index in [1.54, 1.807) is 36.4 Å². The van der Waals surface area contributed by atoms with E-state index in [1.165, 1.54) is 0 Å². The van der Waals surface area contributed by atoms with Crippen LogP contribution in [0.5, 0.6) is 0 Å². The molecule has 0 radical (unpaired) electrons. The fraction of sp³-hybridized carbons (Fsp3) is 0.562. The van der Waals surface area contributed by atoms with Crippen molar-refractivity contribution in [3.05, 3.63) is 35.9 Å². The highest BCUT2D eigenvalue weighted by atomic mass is 31.2. The Kier molecular flexibility index (Phi) is 6.43. The number of hydrogen-bond donors (Lipinski definition) is 0. The van der Waals surface area contributed by atoms with Gasteiger partial charge in [0.05, 0.1) is 0 Å². The van der Waals surface area contributed by atoms with E-state index < -0.39 is 12.6 Å². The van der Waals surface area contributed by atoms with E-state index in [4.69, 9.17) is 0 Å². The highest BCUT2D eigenvalue weighted by molar-refractivity contribution is 7.65. The average molecular weight is 295 g/mol. The number of nitrogens with zero attached hydrogens (tertiary/aromatic N) is 1. The molecule has 1 aromatic rings. The molecule has 4 heteroatoms. The normalized spacial score (nSPS) is 14.5. The fourth-order valence-corrected chi connectivity index (χ4v) is 5.59. The molecule has 0 spiro atoms. The summed E-state index contributed by atoms with van der Waals surface area (Å²) in [5.41, 5.74) is 0.234. The predicted molar refractivity (Wildman–Crippen MR) is 82.0 cm³/mol. The highest BCUT2D eigenvalue weighted by Gasteiger charge is 2.49. The van der Waals surface area contributed by atoms with E-state index in [2.05, 4.69) is 0 Å². The van der Waals surface area contributed by atoms with Crippen LogP contribution in [0.25, 0.3) is 0 Å². The monoisotopic (exact) mass is 295 g/mol. The van der Waals surface area contributed by atoms with Crippen molar-refractivity contribution in [2.45, 2.75) is 44.9 Å². The zero-order valence-corrected chi connectivity index (χ0v) is 13.2. The van der Waals surface area contributed by atoms with Gasteiger partial charge in [0.1, 0.15) is 13.2 Å². The largest absolute Gasteiger partial charge is 0.319 e. The highest BCUT2D eigenvalue weighted by Crippen LogP contribution is 2.64. The number of unbranched alkanes of at least 4 members (excludes halogenated alkanes) is 2. The molecule has 0 bridgehead atoms. The predicted octanol–water partition coefficient (Wildman–Crippen LogP) is 5.30. The van der Waals surface area contributed by atoms with Gasteiger partial charge in [0.25, 0.3) is 5.41 Å². The maximum Gasteiger partial charge on any atom is 0.272 e. The van der Waals surface area contributed by atoms with Crippen LogP contribution >= 0.6 is 7.14 Å². The Morgan fingerprint density at radius 1 is 1.15 bits per heavy atom. The first-order chi connectivity index (χ1) is 9.54. The second-order valence-corrected chi connectivity index (χ2v) is 8.43. The first-order valence-corrected chi connectivity index (χ1v) is 9.35. The lowest BCUT2D eigenvalue weighted by Gasteiger charge is -2.29. The summed E-state index contributed by atoms with van der Waals surface area (Å²) in [4.78, 5) is 0. The maximum absolute atomic E-state index is 15.3. The average Bonchev–Trinajstić information content (AvgIpc) is 2.50. The summed E-state index contributed by atoms with van der Waals surface area (Å²) in [6.07, 6.45) is 3.71. The minimum atomic E-state index is -3.22. The first-order valence-electron chi connectivity index (χ1n) is 7.28. The molecular formula is C16H23FNOP. The number of nitriles is 1. The molecule has 20 heavy (non-hydrogen) atoms. The van der Waals surface area contributed by atoms with Crippen LogP contribution in [-0.2, 0) is 9.97 Å². The van der Waals surface area contributed by atoms with Crippen molar-refractivity contribution in [3.8, 4) is 6.07 Å². The molecule has 0 aliphatic heterocycles. The molecule has 1 unspecified atom stereocenters. The van der Waals surface area contributed by atoms with Crippen LogP contribution < -0.4 is 0 Å². The Labute approximate surface area is 121 Å². The molecule has 0 heterocycles. The lowest BCUT2D eigenvalue weighted by atomic mass is 10.1. The number of alkyl halides is 1. The summed E-state index contributed by atoms with van der Waals surface area (Å²) in [6.45, 7) is 3.97. The molecule has 0 amide bonds. The van der Waals surface area contributed by atoms with Gasteiger partial charge >= 0.3 is 0 Å². The fourth-order valence-electron chi connectivity index (χ4n) is 2.30. The SMILES string of the molecule is CCCCP(=O)(CCCC)C(F)(C#N)c1ccccc1. The second-order valence-electron chi connectivity index (χ2n) is 5.14. The lowest BCUT2D eigenvalue weighted by Crippen LogP contribution is -2.22. The van der Waals surface area contributed by atoms with Crippen LogP contribution in [0.15, 0.2) is 30.3 Å². The molecule has 1 atom stereocenters. The molecule has 2 nitrogen and oxygen atoms in total. The van der Waals surface area contributed by atoms with Gasteiger partial charge in [0, 0.05) is 17.9 Å². The minimum Gasteiger partial charge on any atom is -0.319 e. The van der Waals surface area contributed by atoms with Crippen LogP contribution in [0, 0.1) is 11.3 Å². The molecule has 0 fully saturated rings.